The van der Waals surface area contributed by atoms with Crippen LogP contribution in [0, 0.1) is 0 Å². The molecule has 36 heavy (non-hydrogen) atoms. The van der Waals surface area contributed by atoms with E-state index < -0.39 is 12.0 Å². The van der Waals surface area contributed by atoms with Crippen LogP contribution in [0.2, 0.25) is 0 Å². The predicted octanol–water partition coefficient (Wildman–Crippen LogP) is 4.19. The van der Waals surface area contributed by atoms with Gasteiger partial charge in [0.05, 0.1) is 6.04 Å². The molecule has 0 aliphatic carbocycles. The van der Waals surface area contributed by atoms with Crippen molar-refractivity contribution in [3.63, 3.8) is 0 Å². The minimum atomic E-state index is -1.03. The number of benzene rings is 2. The SMILES string of the molecule is CCCCc1c(Cc2ccc(-c3ccccc3-c3nn[nH]n3)cc2)c(=O)n2n1C(C)C=CC2C(=O)O. The van der Waals surface area contributed by atoms with Crippen LogP contribution in [0.4, 0.5) is 0 Å². The first-order valence-electron chi connectivity index (χ1n) is 12.2. The second-order valence-electron chi connectivity index (χ2n) is 9.09. The summed E-state index contributed by atoms with van der Waals surface area (Å²) in [7, 11) is 0. The number of aromatic amines is 1. The monoisotopic (exact) mass is 484 g/mol. The van der Waals surface area contributed by atoms with Gasteiger partial charge in [-0.15, -0.1) is 10.2 Å². The van der Waals surface area contributed by atoms with Gasteiger partial charge in [0.15, 0.2) is 6.04 Å². The van der Waals surface area contributed by atoms with Crippen molar-refractivity contribution in [2.24, 2.45) is 0 Å². The van der Waals surface area contributed by atoms with E-state index >= 15 is 0 Å². The fraction of sp³-hybridized carbons (Fsp3) is 0.296. The zero-order valence-electron chi connectivity index (χ0n) is 20.3. The molecule has 5 rings (SSSR count). The van der Waals surface area contributed by atoms with E-state index in [1.807, 2.05) is 66.2 Å². The van der Waals surface area contributed by atoms with Gasteiger partial charge < -0.3 is 5.11 Å². The minimum Gasteiger partial charge on any atom is -0.479 e. The number of H-pyrrole nitrogens is 1. The van der Waals surface area contributed by atoms with Crippen molar-refractivity contribution in [1.29, 1.82) is 0 Å². The van der Waals surface area contributed by atoms with E-state index in [9.17, 15) is 14.7 Å². The van der Waals surface area contributed by atoms with Gasteiger partial charge in [-0.25, -0.2) is 9.48 Å². The lowest BCUT2D eigenvalue weighted by atomic mass is 9.96. The Bertz CT molecular complexity index is 1460. The van der Waals surface area contributed by atoms with Crippen molar-refractivity contribution in [3.05, 3.63) is 87.9 Å². The smallest absolute Gasteiger partial charge is 0.332 e. The van der Waals surface area contributed by atoms with Gasteiger partial charge in [0.25, 0.3) is 5.56 Å². The lowest BCUT2D eigenvalue weighted by Gasteiger charge is -2.26. The molecule has 3 heterocycles. The Morgan fingerprint density at radius 2 is 1.81 bits per heavy atom. The number of carboxylic acid groups (broad SMARTS) is 1. The highest BCUT2D eigenvalue weighted by atomic mass is 16.4. The zero-order chi connectivity index (χ0) is 25.2. The molecule has 0 fully saturated rings. The van der Waals surface area contributed by atoms with E-state index in [-0.39, 0.29) is 11.6 Å². The number of fused-ring (bicyclic) bond motifs is 1. The zero-order valence-corrected chi connectivity index (χ0v) is 20.3. The number of allylic oxidation sites excluding steroid dienone is 1. The molecular formula is C27H28N6O3. The van der Waals surface area contributed by atoms with Crippen LogP contribution in [0.5, 0.6) is 0 Å². The van der Waals surface area contributed by atoms with Gasteiger partial charge in [0.1, 0.15) is 0 Å². The number of nitrogens with zero attached hydrogens (tertiary/aromatic N) is 5. The van der Waals surface area contributed by atoms with Crippen LogP contribution in [0.25, 0.3) is 22.5 Å². The van der Waals surface area contributed by atoms with Crippen molar-refractivity contribution >= 4 is 5.97 Å². The molecule has 184 valence electrons. The fourth-order valence-corrected chi connectivity index (χ4v) is 4.95. The Balaban J connectivity index is 1.51. The third kappa shape index (κ3) is 4.17. The summed E-state index contributed by atoms with van der Waals surface area (Å²) in [6.45, 7) is 4.10. The Kier molecular flexibility index (Phi) is 6.37. The molecule has 0 spiro atoms. The van der Waals surface area contributed by atoms with Crippen LogP contribution in [-0.2, 0) is 17.6 Å². The standard InChI is InChI=1S/C27H28N6O3/c1-3-4-9-23-22(26(34)33-24(27(35)36)15-10-17(2)32(23)33)16-18-11-13-19(14-12-18)20-7-5-6-8-21(20)25-28-30-31-29-25/h5-8,10-15,17,24H,3-4,9,16H2,1-2H3,(H,35,36)(H,28,29,30,31). The van der Waals surface area contributed by atoms with Gasteiger partial charge in [0, 0.05) is 23.2 Å². The first kappa shape index (κ1) is 23.5. The molecule has 2 unspecified atom stereocenters. The van der Waals surface area contributed by atoms with Gasteiger partial charge in [-0.3, -0.25) is 9.48 Å². The molecule has 4 aromatic rings. The van der Waals surface area contributed by atoms with Gasteiger partial charge in [-0.1, -0.05) is 74.0 Å². The number of aromatic nitrogens is 6. The molecule has 0 saturated heterocycles. The summed E-state index contributed by atoms with van der Waals surface area (Å²) < 4.78 is 3.31. The summed E-state index contributed by atoms with van der Waals surface area (Å²) >= 11 is 0. The molecule has 9 heteroatoms. The summed E-state index contributed by atoms with van der Waals surface area (Å²) in [6, 6.07) is 14.9. The third-order valence-corrected chi connectivity index (χ3v) is 6.72. The first-order valence-corrected chi connectivity index (χ1v) is 12.2. The molecule has 1 aliphatic rings. The van der Waals surface area contributed by atoms with Crippen molar-refractivity contribution in [2.75, 3.05) is 0 Å². The Labute approximate surface area is 208 Å². The molecule has 2 atom stereocenters. The van der Waals surface area contributed by atoms with Gasteiger partial charge in [-0.05, 0) is 41.7 Å². The Hall–Kier alpha value is -4.27. The number of tetrazole rings is 1. The van der Waals surface area contributed by atoms with E-state index in [4.69, 9.17) is 0 Å². The van der Waals surface area contributed by atoms with Crippen molar-refractivity contribution < 1.29 is 9.90 Å². The highest BCUT2D eigenvalue weighted by Crippen LogP contribution is 2.31. The molecule has 0 radical (unpaired) electrons. The highest BCUT2D eigenvalue weighted by molar-refractivity contribution is 5.80. The second-order valence-corrected chi connectivity index (χ2v) is 9.09. The molecule has 0 bridgehead atoms. The van der Waals surface area contributed by atoms with Crippen LogP contribution in [0.3, 0.4) is 0 Å². The average molecular weight is 485 g/mol. The van der Waals surface area contributed by atoms with Crippen molar-refractivity contribution in [3.8, 4) is 22.5 Å². The quantitative estimate of drug-likeness (QED) is 0.362. The number of nitrogens with one attached hydrogen (secondary N) is 1. The Morgan fingerprint density at radius 3 is 2.47 bits per heavy atom. The summed E-state index contributed by atoms with van der Waals surface area (Å²) in [4.78, 5) is 25.5. The Morgan fingerprint density at radius 1 is 1.06 bits per heavy atom. The summed E-state index contributed by atoms with van der Waals surface area (Å²) in [5, 5.41) is 24.1. The van der Waals surface area contributed by atoms with E-state index in [0.717, 1.165) is 47.2 Å². The molecule has 2 N–H and O–H groups in total. The molecule has 0 amide bonds. The summed E-state index contributed by atoms with van der Waals surface area (Å²) in [5.74, 6) is -0.504. The molecule has 2 aromatic heterocycles. The van der Waals surface area contributed by atoms with Crippen LogP contribution >= 0.6 is 0 Å². The maximum absolute atomic E-state index is 13.5. The second kappa shape index (κ2) is 9.77. The number of hydrogen-bond acceptors (Lipinski definition) is 5. The molecular weight excluding hydrogens is 456 g/mol. The number of unbranched alkanes of at least 4 members (excludes halogenated alkanes) is 1. The van der Waals surface area contributed by atoms with Gasteiger partial charge in [0.2, 0.25) is 5.82 Å². The van der Waals surface area contributed by atoms with E-state index in [1.54, 1.807) is 6.08 Å². The lowest BCUT2D eigenvalue weighted by Crippen LogP contribution is -2.35. The maximum Gasteiger partial charge on any atom is 0.332 e. The molecule has 2 aromatic carbocycles. The van der Waals surface area contributed by atoms with E-state index in [1.165, 1.54) is 4.68 Å². The predicted molar refractivity (Wildman–Crippen MR) is 136 cm³/mol. The largest absolute Gasteiger partial charge is 0.479 e. The average Bonchev–Trinajstić information content (AvgIpc) is 3.52. The third-order valence-electron chi connectivity index (χ3n) is 6.72. The topological polar surface area (TPSA) is 119 Å². The lowest BCUT2D eigenvalue weighted by molar-refractivity contribution is -0.140. The van der Waals surface area contributed by atoms with Crippen molar-refractivity contribution in [1.82, 2.24) is 30.0 Å². The van der Waals surface area contributed by atoms with E-state index in [0.29, 0.717) is 17.8 Å². The van der Waals surface area contributed by atoms with E-state index in [2.05, 4.69) is 27.5 Å². The number of hydrogen-bond donors (Lipinski definition) is 2. The highest BCUT2D eigenvalue weighted by Gasteiger charge is 2.31. The van der Waals surface area contributed by atoms with Gasteiger partial charge >= 0.3 is 5.97 Å². The minimum absolute atomic E-state index is 0.0853. The van der Waals surface area contributed by atoms with Crippen LogP contribution in [-0.4, -0.2) is 41.1 Å². The van der Waals surface area contributed by atoms with Crippen molar-refractivity contribution in [2.45, 2.75) is 51.6 Å². The molecule has 1 aliphatic heterocycles. The summed E-state index contributed by atoms with van der Waals surface area (Å²) in [6.07, 6.45) is 6.56. The molecule has 0 saturated carbocycles. The normalized spacial score (nSPS) is 16.7. The number of aliphatic carboxylic acids is 1. The fourth-order valence-electron chi connectivity index (χ4n) is 4.95. The van der Waals surface area contributed by atoms with Crippen LogP contribution < -0.4 is 5.56 Å². The number of rotatable bonds is 8. The van der Waals surface area contributed by atoms with Gasteiger partial charge in [-0.2, -0.15) is 5.21 Å². The van der Waals surface area contributed by atoms with Crippen LogP contribution in [0.15, 0.2) is 65.5 Å². The maximum atomic E-state index is 13.5. The first-order chi connectivity index (χ1) is 17.5. The summed E-state index contributed by atoms with van der Waals surface area (Å²) in [5.41, 5.74) is 5.22. The molecule has 9 nitrogen and oxygen atoms in total. The van der Waals surface area contributed by atoms with Crippen LogP contribution in [0.1, 0.15) is 55.6 Å². The number of carboxylic acids is 1. The number of carbonyl (C=O) groups is 1.